The highest BCUT2D eigenvalue weighted by atomic mass is 32.1. The van der Waals surface area contributed by atoms with Gasteiger partial charge in [0.25, 0.3) is 0 Å². The van der Waals surface area contributed by atoms with Crippen molar-refractivity contribution < 1.29 is 4.74 Å². The van der Waals surface area contributed by atoms with Gasteiger partial charge in [0, 0.05) is 29.6 Å². The Morgan fingerprint density at radius 1 is 1.45 bits per heavy atom. The van der Waals surface area contributed by atoms with Crippen molar-refractivity contribution in [2.24, 2.45) is 0 Å². The van der Waals surface area contributed by atoms with Crippen LogP contribution in [0.4, 0.5) is 5.69 Å². The molecule has 0 spiro atoms. The Bertz CT molecular complexity index is 653. The van der Waals surface area contributed by atoms with E-state index in [0.717, 1.165) is 29.2 Å². The molecule has 0 radical (unpaired) electrons. The second-order valence-electron chi connectivity index (χ2n) is 5.05. The molecule has 0 amide bonds. The fourth-order valence-electron chi connectivity index (χ4n) is 2.35. The van der Waals surface area contributed by atoms with Crippen molar-refractivity contribution in [3.63, 3.8) is 0 Å². The molecule has 0 saturated heterocycles. The fourth-order valence-corrected chi connectivity index (χ4v) is 2.64. The van der Waals surface area contributed by atoms with E-state index in [1.54, 1.807) is 7.11 Å². The highest BCUT2D eigenvalue weighted by molar-refractivity contribution is 7.80. The summed E-state index contributed by atoms with van der Waals surface area (Å²) in [5.41, 5.74) is 3.20. The van der Waals surface area contributed by atoms with Crippen molar-refractivity contribution in [2.45, 2.75) is 33.4 Å². The summed E-state index contributed by atoms with van der Waals surface area (Å²) < 4.78 is 7.18. The lowest BCUT2D eigenvalue weighted by atomic mass is 10.1. The first-order valence-electron chi connectivity index (χ1n) is 7.29. The lowest BCUT2D eigenvalue weighted by molar-refractivity contribution is 0.415. The molecule has 1 unspecified atom stereocenters. The van der Waals surface area contributed by atoms with Crippen LogP contribution in [0, 0.1) is 6.92 Å². The zero-order valence-electron chi connectivity index (χ0n) is 13.4. The number of nitrogens with zero attached hydrogens (tertiary/aromatic N) is 2. The van der Waals surface area contributed by atoms with Gasteiger partial charge in [-0.3, -0.25) is 4.68 Å². The van der Waals surface area contributed by atoms with Crippen LogP contribution >= 0.6 is 12.2 Å². The molecule has 0 aliphatic heterocycles. The van der Waals surface area contributed by atoms with Crippen LogP contribution in [0.5, 0.6) is 5.75 Å². The molecule has 2 aromatic rings. The standard InChI is InChI=1S/C16H22N4OS/c1-5-20-12(3)15(10-17-20)11(2)18-16(22)19-13-7-6-8-14(9-13)21-4/h6-11H,5H2,1-4H3,(H2,18,19,22). The lowest BCUT2D eigenvalue weighted by Gasteiger charge is -2.17. The average molecular weight is 318 g/mol. The summed E-state index contributed by atoms with van der Waals surface area (Å²) in [6.07, 6.45) is 1.89. The van der Waals surface area contributed by atoms with Crippen LogP contribution in [0.2, 0.25) is 0 Å². The number of ether oxygens (including phenoxy) is 1. The van der Waals surface area contributed by atoms with Crippen molar-refractivity contribution in [1.82, 2.24) is 15.1 Å². The van der Waals surface area contributed by atoms with Gasteiger partial charge >= 0.3 is 0 Å². The number of rotatable bonds is 5. The first kappa shape index (κ1) is 16.3. The predicted molar refractivity (Wildman–Crippen MR) is 93.4 cm³/mol. The summed E-state index contributed by atoms with van der Waals surface area (Å²) >= 11 is 5.38. The Morgan fingerprint density at radius 3 is 2.86 bits per heavy atom. The second-order valence-corrected chi connectivity index (χ2v) is 5.46. The Balaban J connectivity index is 2.00. The Labute approximate surface area is 136 Å². The van der Waals surface area contributed by atoms with Crippen LogP contribution < -0.4 is 15.4 Å². The Kier molecular flexibility index (Phi) is 5.38. The van der Waals surface area contributed by atoms with Crippen LogP contribution in [0.15, 0.2) is 30.5 Å². The number of anilines is 1. The Hall–Kier alpha value is -2.08. The number of aryl methyl sites for hydroxylation is 1. The first-order chi connectivity index (χ1) is 10.5. The zero-order chi connectivity index (χ0) is 16.1. The third-order valence-corrected chi connectivity index (χ3v) is 3.80. The predicted octanol–water partition coefficient (Wildman–Crippen LogP) is 3.27. The molecule has 0 aliphatic rings. The van der Waals surface area contributed by atoms with Crippen molar-refractivity contribution in [3.8, 4) is 5.75 Å². The molecule has 1 aromatic carbocycles. The van der Waals surface area contributed by atoms with Gasteiger partial charge in [-0.25, -0.2) is 0 Å². The van der Waals surface area contributed by atoms with Crippen molar-refractivity contribution in [3.05, 3.63) is 41.7 Å². The molecule has 22 heavy (non-hydrogen) atoms. The molecule has 0 saturated carbocycles. The quantitative estimate of drug-likeness (QED) is 0.829. The van der Waals surface area contributed by atoms with Gasteiger partial charge < -0.3 is 15.4 Å². The van der Waals surface area contributed by atoms with E-state index < -0.39 is 0 Å². The first-order valence-corrected chi connectivity index (χ1v) is 7.69. The number of aromatic nitrogens is 2. The van der Waals surface area contributed by atoms with Crippen molar-refractivity contribution >= 4 is 23.0 Å². The van der Waals surface area contributed by atoms with Crippen LogP contribution in [-0.4, -0.2) is 22.0 Å². The number of hydrogen-bond acceptors (Lipinski definition) is 3. The van der Waals surface area contributed by atoms with Crippen LogP contribution in [0.25, 0.3) is 0 Å². The largest absolute Gasteiger partial charge is 0.497 e. The number of thiocarbonyl (C=S) groups is 1. The zero-order valence-corrected chi connectivity index (χ0v) is 14.2. The third-order valence-electron chi connectivity index (χ3n) is 3.58. The van der Waals surface area contributed by atoms with E-state index in [4.69, 9.17) is 17.0 Å². The third kappa shape index (κ3) is 3.76. The molecule has 2 N–H and O–H groups in total. The van der Waals surface area contributed by atoms with Crippen molar-refractivity contribution in [2.75, 3.05) is 12.4 Å². The van der Waals surface area contributed by atoms with E-state index in [9.17, 15) is 0 Å². The number of nitrogens with one attached hydrogen (secondary N) is 2. The molecular weight excluding hydrogens is 296 g/mol. The van der Waals surface area contributed by atoms with E-state index in [0.29, 0.717) is 5.11 Å². The number of methoxy groups -OCH3 is 1. The van der Waals surface area contributed by atoms with E-state index in [1.165, 1.54) is 0 Å². The fraction of sp³-hybridized carbons (Fsp3) is 0.375. The van der Waals surface area contributed by atoms with E-state index >= 15 is 0 Å². The van der Waals surface area contributed by atoms with E-state index in [1.807, 2.05) is 35.1 Å². The molecule has 0 bridgehead atoms. The SMILES string of the molecule is CCn1ncc(C(C)NC(=S)Nc2cccc(OC)c2)c1C. The summed E-state index contributed by atoms with van der Waals surface area (Å²) in [4.78, 5) is 0. The van der Waals surface area contributed by atoms with Gasteiger partial charge in [0.05, 0.1) is 19.3 Å². The van der Waals surface area contributed by atoms with Gasteiger partial charge in [-0.05, 0) is 45.1 Å². The number of benzene rings is 1. The summed E-state index contributed by atoms with van der Waals surface area (Å²) in [5, 5.41) is 11.4. The summed E-state index contributed by atoms with van der Waals surface area (Å²) in [7, 11) is 1.64. The molecule has 2 rings (SSSR count). The van der Waals surface area contributed by atoms with Crippen LogP contribution in [-0.2, 0) is 6.54 Å². The molecular formula is C16H22N4OS. The Morgan fingerprint density at radius 2 is 2.23 bits per heavy atom. The molecule has 0 aliphatic carbocycles. The van der Waals surface area contributed by atoms with Gasteiger partial charge in [0.2, 0.25) is 0 Å². The lowest BCUT2D eigenvalue weighted by Crippen LogP contribution is -2.31. The molecule has 1 aromatic heterocycles. The molecule has 5 nitrogen and oxygen atoms in total. The van der Waals surface area contributed by atoms with E-state index in [2.05, 4.69) is 36.5 Å². The van der Waals surface area contributed by atoms with Gasteiger partial charge in [0.15, 0.2) is 5.11 Å². The second kappa shape index (κ2) is 7.26. The summed E-state index contributed by atoms with van der Waals surface area (Å²) in [6.45, 7) is 7.09. The minimum absolute atomic E-state index is 0.0888. The highest BCUT2D eigenvalue weighted by Crippen LogP contribution is 2.19. The summed E-state index contributed by atoms with van der Waals surface area (Å²) in [6, 6.07) is 7.75. The maximum absolute atomic E-state index is 5.38. The van der Waals surface area contributed by atoms with Gasteiger partial charge in [-0.15, -0.1) is 0 Å². The maximum atomic E-state index is 5.38. The molecule has 6 heteroatoms. The highest BCUT2D eigenvalue weighted by Gasteiger charge is 2.13. The minimum Gasteiger partial charge on any atom is -0.497 e. The van der Waals surface area contributed by atoms with Crippen LogP contribution in [0.1, 0.15) is 31.1 Å². The monoisotopic (exact) mass is 318 g/mol. The van der Waals surface area contributed by atoms with Gasteiger partial charge in [0.1, 0.15) is 5.75 Å². The normalized spacial score (nSPS) is 11.8. The maximum Gasteiger partial charge on any atom is 0.171 e. The molecule has 1 heterocycles. The number of hydrogen-bond donors (Lipinski definition) is 2. The molecule has 118 valence electrons. The molecule has 0 fully saturated rings. The van der Waals surface area contributed by atoms with Crippen LogP contribution in [0.3, 0.4) is 0 Å². The topological polar surface area (TPSA) is 51.1 Å². The van der Waals surface area contributed by atoms with Gasteiger partial charge in [-0.1, -0.05) is 6.07 Å². The molecule has 1 atom stereocenters. The van der Waals surface area contributed by atoms with E-state index in [-0.39, 0.29) is 6.04 Å². The smallest absolute Gasteiger partial charge is 0.171 e. The van der Waals surface area contributed by atoms with Crippen molar-refractivity contribution in [1.29, 1.82) is 0 Å². The van der Waals surface area contributed by atoms with Gasteiger partial charge in [-0.2, -0.15) is 5.10 Å². The summed E-state index contributed by atoms with van der Waals surface area (Å²) in [5.74, 6) is 0.793. The average Bonchev–Trinajstić information content (AvgIpc) is 2.88. The minimum atomic E-state index is 0.0888.